The zero-order valence-electron chi connectivity index (χ0n) is 13.3. The molecule has 0 saturated carbocycles. The molecular weight excluding hydrogens is 282 g/mol. The molecule has 3 aromatic rings. The standard InChI is InChI=1S/C21H19NO/c1-15-7-3-6-10-20(15)22-21(23)16(2)13-17-11-12-18-8-4-5-9-19(18)14-17/h3-14H,1-2H3,(H,22,23)/b16-13+. The van der Waals surface area contributed by atoms with Crippen LogP contribution in [0.4, 0.5) is 5.69 Å². The van der Waals surface area contributed by atoms with Crippen LogP contribution in [0.3, 0.4) is 0 Å². The number of hydrogen-bond donors (Lipinski definition) is 1. The van der Waals surface area contributed by atoms with Gasteiger partial charge >= 0.3 is 0 Å². The monoisotopic (exact) mass is 301 g/mol. The van der Waals surface area contributed by atoms with Crippen LogP contribution < -0.4 is 5.32 Å². The van der Waals surface area contributed by atoms with E-state index < -0.39 is 0 Å². The highest BCUT2D eigenvalue weighted by molar-refractivity contribution is 6.06. The maximum Gasteiger partial charge on any atom is 0.251 e. The molecule has 0 unspecified atom stereocenters. The van der Waals surface area contributed by atoms with Gasteiger partial charge in [0.15, 0.2) is 0 Å². The van der Waals surface area contributed by atoms with E-state index in [9.17, 15) is 4.79 Å². The number of benzene rings is 3. The smallest absolute Gasteiger partial charge is 0.251 e. The highest BCUT2D eigenvalue weighted by atomic mass is 16.1. The number of aryl methyl sites for hydroxylation is 1. The Hall–Kier alpha value is -2.87. The first kappa shape index (κ1) is 15.0. The summed E-state index contributed by atoms with van der Waals surface area (Å²) in [7, 11) is 0. The number of amides is 1. The average Bonchev–Trinajstić information content (AvgIpc) is 2.56. The Morgan fingerprint density at radius 3 is 2.39 bits per heavy atom. The first-order valence-corrected chi connectivity index (χ1v) is 7.67. The van der Waals surface area contributed by atoms with Crippen molar-refractivity contribution in [3.8, 4) is 0 Å². The third-order valence-corrected chi connectivity index (χ3v) is 3.91. The van der Waals surface area contributed by atoms with Crippen LogP contribution in [0.25, 0.3) is 16.8 Å². The Morgan fingerprint density at radius 2 is 1.61 bits per heavy atom. The van der Waals surface area contributed by atoms with Gasteiger partial charge in [0.2, 0.25) is 0 Å². The van der Waals surface area contributed by atoms with E-state index in [1.54, 1.807) is 0 Å². The van der Waals surface area contributed by atoms with Crippen LogP contribution in [0.5, 0.6) is 0 Å². The van der Waals surface area contributed by atoms with Gasteiger partial charge in [-0.05, 0) is 54.0 Å². The molecule has 0 aromatic heterocycles. The average molecular weight is 301 g/mol. The number of para-hydroxylation sites is 1. The van der Waals surface area contributed by atoms with Gasteiger partial charge in [0.05, 0.1) is 0 Å². The Labute approximate surface area is 136 Å². The predicted molar refractivity (Wildman–Crippen MR) is 97.4 cm³/mol. The molecule has 2 nitrogen and oxygen atoms in total. The summed E-state index contributed by atoms with van der Waals surface area (Å²) in [5.41, 5.74) is 3.62. The minimum Gasteiger partial charge on any atom is -0.322 e. The first-order valence-electron chi connectivity index (χ1n) is 7.67. The molecule has 2 heteroatoms. The second-order valence-corrected chi connectivity index (χ2v) is 5.70. The summed E-state index contributed by atoms with van der Waals surface area (Å²) in [6.45, 7) is 3.82. The summed E-state index contributed by atoms with van der Waals surface area (Å²) in [6.07, 6.45) is 1.92. The molecule has 0 saturated heterocycles. The summed E-state index contributed by atoms with van der Waals surface area (Å²) in [6, 6.07) is 22.2. The number of carbonyl (C=O) groups is 1. The molecule has 114 valence electrons. The van der Waals surface area contributed by atoms with E-state index in [-0.39, 0.29) is 5.91 Å². The number of anilines is 1. The largest absolute Gasteiger partial charge is 0.322 e. The molecule has 0 fully saturated rings. The molecule has 0 atom stereocenters. The molecule has 0 heterocycles. The van der Waals surface area contributed by atoms with E-state index in [0.717, 1.165) is 16.8 Å². The Kier molecular flexibility index (Phi) is 4.24. The lowest BCUT2D eigenvalue weighted by molar-refractivity contribution is -0.112. The molecule has 23 heavy (non-hydrogen) atoms. The van der Waals surface area contributed by atoms with E-state index in [0.29, 0.717) is 5.57 Å². The number of fused-ring (bicyclic) bond motifs is 1. The second kappa shape index (κ2) is 6.49. The van der Waals surface area contributed by atoms with Crippen LogP contribution in [0.2, 0.25) is 0 Å². The molecule has 0 aliphatic rings. The van der Waals surface area contributed by atoms with Crippen molar-refractivity contribution in [1.29, 1.82) is 0 Å². The molecular formula is C21H19NO. The summed E-state index contributed by atoms with van der Waals surface area (Å²) < 4.78 is 0. The topological polar surface area (TPSA) is 29.1 Å². The Bertz CT molecular complexity index is 893. The Balaban J connectivity index is 1.82. The molecule has 0 aliphatic heterocycles. The van der Waals surface area contributed by atoms with Crippen molar-refractivity contribution in [3.05, 3.63) is 83.4 Å². The van der Waals surface area contributed by atoms with Crippen molar-refractivity contribution in [3.63, 3.8) is 0 Å². The normalized spacial score (nSPS) is 11.5. The minimum absolute atomic E-state index is 0.0764. The van der Waals surface area contributed by atoms with Crippen LogP contribution in [0.15, 0.2) is 72.3 Å². The third-order valence-electron chi connectivity index (χ3n) is 3.91. The van der Waals surface area contributed by atoms with Crippen molar-refractivity contribution < 1.29 is 4.79 Å². The fourth-order valence-electron chi connectivity index (χ4n) is 2.55. The van der Waals surface area contributed by atoms with Crippen molar-refractivity contribution in [2.45, 2.75) is 13.8 Å². The lowest BCUT2D eigenvalue weighted by Crippen LogP contribution is -2.13. The van der Waals surface area contributed by atoms with Crippen molar-refractivity contribution in [2.24, 2.45) is 0 Å². The molecule has 3 rings (SSSR count). The summed E-state index contributed by atoms with van der Waals surface area (Å²) >= 11 is 0. The van der Waals surface area contributed by atoms with Crippen LogP contribution in [0, 0.1) is 6.92 Å². The zero-order chi connectivity index (χ0) is 16.2. The number of carbonyl (C=O) groups excluding carboxylic acids is 1. The van der Waals surface area contributed by atoms with Gasteiger partial charge in [0, 0.05) is 11.3 Å². The van der Waals surface area contributed by atoms with Crippen molar-refractivity contribution >= 4 is 28.4 Å². The van der Waals surface area contributed by atoms with Crippen molar-refractivity contribution in [2.75, 3.05) is 5.32 Å². The van der Waals surface area contributed by atoms with E-state index in [1.165, 1.54) is 10.8 Å². The van der Waals surface area contributed by atoms with E-state index >= 15 is 0 Å². The maximum atomic E-state index is 12.4. The summed E-state index contributed by atoms with van der Waals surface area (Å²) in [4.78, 5) is 12.4. The second-order valence-electron chi connectivity index (χ2n) is 5.70. The van der Waals surface area contributed by atoms with E-state index in [2.05, 4.69) is 29.6 Å². The predicted octanol–water partition coefficient (Wildman–Crippen LogP) is 5.19. The van der Waals surface area contributed by atoms with Crippen LogP contribution in [0.1, 0.15) is 18.1 Å². The Morgan fingerprint density at radius 1 is 0.913 bits per heavy atom. The fraction of sp³-hybridized carbons (Fsp3) is 0.0952. The molecule has 1 N–H and O–H groups in total. The van der Waals surface area contributed by atoms with Gasteiger partial charge in [-0.1, -0.05) is 54.6 Å². The van der Waals surface area contributed by atoms with Gasteiger partial charge in [-0.25, -0.2) is 0 Å². The highest BCUT2D eigenvalue weighted by Crippen LogP contribution is 2.19. The molecule has 1 amide bonds. The van der Waals surface area contributed by atoms with Gasteiger partial charge in [-0.15, -0.1) is 0 Å². The number of nitrogens with one attached hydrogen (secondary N) is 1. The van der Waals surface area contributed by atoms with E-state index in [1.807, 2.05) is 62.4 Å². The molecule has 3 aromatic carbocycles. The van der Waals surface area contributed by atoms with Gasteiger partial charge in [-0.2, -0.15) is 0 Å². The first-order chi connectivity index (χ1) is 11.1. The summed E-state index contributed by atoms with van der Waals surface area (Å²) in [5, 5.41) is 5.34. The minimum atomic E-state index is -0.0764. The van der Waals surface area contributed by atoms with Crippen LogP contribution in [-0.4, -0.2) is 5.91 Å². The van der Waals surface area contributed by atoms with Gasteiger partial charge in [0.25, 0.3) is 5.91 Å². The molecule has 0 aliphatic carbocycles. The molecule has 0 spiro atoms. The van der Waals surface area contributed by atoms with Gasteiger partial charge in [-0.3, -0.25) is 4.79 Å². The highest BCUT2D eigenvalue weighted by Gasteiger charge is 2.06. The van der Waals surface area contributed by atoms with Gasteiger partial charge in [0.1, 0.15) is 0 Å². The van der Waals surface area contributed by atoms with Gasteiger partial charge < -0.3 is 5.32 Å². The zero-order valence-corrected chi connectivity index (χ0v) is 13.3. The third kappa shape index (κ3) is 3.49. The van der Waals surface area contributed by atoms with E-state index in [4.69, 9.17) is 0 Å². The number of hydrogen-bond acceptors (Lipinski definition) is 1. The van der Waals surface area contributed by atoms with Crippen LogP contribution in [-0.2, 0) is 4.79 Å². The lowest BCUT2D eigenvalue weighted by Gasteiger charge is -2.08. The quantitative estimate of drug-likeness (QED) is 0.663. The number of rotatable bonds is 3. The molecule has 0 radical (unpaired) electrons. The van der Waals surface area contributed by atoms with Crippen LogP contribution >= 0.6 is 0 Å². The maximum absolute atomic E-state index is 12.4. The lowest BCUT2D eigenvalue weighted by atomic mass is 10.1. The van der Waals surface area contributed by atoms with Crippen molar-refractivity contribution in [1.82, 2.24) is 0 Å². The SMILES string of the molecule is C/C(=C\c1ccc2ccccc2c1)C(=O)Nc1ccccc1C. The summed E-state index contributed by atoms with van der Waals surface area (Å²) in [5.74, 6) is -0.0764. The fourth-order valence-corrected chi connectivity index (χ4v) is 2.55. The molecule has 0 bridgehead atoms.